The van der Waals surface area contributed by atoms with Crippen molar-refractivity contribution in [2.75, 3.05) is 0 Å². The van der Waals surface area contributed by atoms with Gasteiger partial charge in [-0.25, -0.2) is 4.39 Å². The van der Waals surface area contributed by atoms with Gasteiger partial charge in [0.15, 0.2) is 0 Å². The molecular formula is C15H14Br2FN. The van der Waals surface area contributed by atoms with Crippen molar-refractivity contribution in [1.29, 1.82) is 0 Å². The molecule has 0 aliphatic rings. The van der Waals surface area contributed by atoms with Crippen molar-refractivity contribution in [2.24, 2.45) is 5.73 Å². The molecule has 1 nitrogen and oxygen atoms in total. The highest BCUT2D eigenvalue weighted by molar-refractivity contribution is 9.11. The second kappa shape index (κ2) is 6.16. The molecule has 2 rings (SSSR count). The average molecular weight is 387 g/mol. The van der Waals surface area contributed by atoms with E-state index in [1.807, 2.05) is 25.1 Å². The summed E-state index contributed by atoms with van der Waals surface area (Å²) in [5, 5.41) is 0. The predicted molar refractivity (Wildman–Crippen MR) is 83.6 cm³/mol. The van der Waals surface area contributed by atoms with Gasteiger partial charge in [0.1, 0.15) is 5.82 Å². The second-order valence-corrected chi connectivity index (χ2v) is 6.32. The van der Waals surface area contributed by atoms with Crippen LogP contribution in [0.4, 0.5) is 4.39 Å². The minimum absolute atomic E-state index is 0.164. The highest BCUT2D eigenvalue weighted by atomic mass is 79.9. The van der Waals surface area contributed by atoms with Gasteiger partial charge in [-0.2, -0.15) is 0 Å². The Hall–Kier alpha value is -0.710. The number of benzene rings is 2. The van der Waals surface area contributed by atoms with Gasteiger partial charge < -0.3 is 5.73 Å². The van der Waals surface area contributed by atoms with Gasteiger partial charge in [0.2, 0.25) is 0 Å². The highest BCUT2D eigenvalue weighted by Crippen LogP contribution is 2.28. The third-order valence-corrected chi connectivity index (χ3v) is 4.29. The average Bonchev–Trinajstić information content (AvgIpc) is 2.33. The molecule has 4 heteroatoms. The van der Waals surface area contributed by atoms with Crippen molar-refractivity contribution >= 4 is 31.9 Å². The Morgan fingerprint density at radius 1 is 1.16 bits per heavy atom. The Morgan fingerprint density at radius 3 is 2.58 bits per heavy atom. The van der Waals surface area contributed by atoms with Crippen LogP contribution < -0.4 is 5.73 Å². The molecule has 1 atom stereocenters. The van der Waals surface area contributed by atoms with Crippen molar-refractivity contribution in [1.82, 2.24) is 0 Å². The first-order valence-electron chi connectivity index (χ1n) is 5.93. The third kappa shape index (κ3) is 3.65. The topological polar surface area (TPSA) is 26.0 Å². The summed E-state index contributed by atoms with van der Waals surface area (Å²) in [5.74, 6) is -0.220. The zero-order valence-corrected chi connectivity index (χ0v) is 13.6. The fourth-order valence-electron chi connectivity index (χ4n) is 2.01. The lowest BCUT2D eigenvalue weighted by molar-refractivity contribution is 0.621. The molecular weight excluding hydrogens is 373 g/mol. The standard InChI is InChI=1S/C15H14Br2FN/c1-9-2-4-12(18)6-10(9)7-15(19)13-5-3-11(16)8-14(13)17/h2-6,8,15H,7,19H2,1H3. The molecule has 2 N–H and O–H groups in total. The van der Waals surface area contributed by atoms with Crippen molar-refractivity contribution < 1.29 is 4.39 Å². The predicted octanol–water partition coefficient (Wildman–Crippen LogP) is 4.90. The minimum Gasteiger partial charge on any atom is -0.324 e. The van der Waals surface area contributed by atoms with Crippen LogP contribution in [-0.2, 0) is 6.42 Å². The molecule has 0 heterocycles. The van der Waals surface area contributed by atoms with E-state index < -0.39 is 0 Å². The molecule has 0 radical (unpaired) electrons. The molecule has 19 heavy (non-hydrogen) atoms. The molecule has 0 bridgehead atoms. The molecule has 0 saturated heterocycles. The summed E-state index contributed by atoms with van der Waals surface area (Å²) < 4.78 is 15.2. The van der Waals surface area contributed by atoms with Crippen LogP contribution in [0.3, 0.4) is 0 Å². The van der Waals surface area contributed by atoms with Gasteiger partial charge in [-0.05, 0) is 54.3 Å². The van der Waals surface area contributed by atoms with Gasteiger partial charge in [0.05, 0.1) is 0 Å². The van der Waals surface area contributed by atoms with Crippen LogP contribution in [0.25, 0.3) is 0 Å². The maximum atomic E-state index is 13.3. The third-order valence-electron chi connectivity index (χ3n) is 3.11. The fourth-order valence-corrected chi connectivity index (χ4v) is 3.35. The number of hydrogen-bond donors (Lipinski definition) is 1. The van der Waals surface area contributed by atoms with Crippen LogP contribution in [0.5, 0.6) is 0 Å². The van der Waals surface area contributed by atoms with Gasteiger partial charge in [-0.15, -0.1) is 0 Å². The summed E-state index contributed by atoms with van der Waals surface area (Å²) in [5.41, 5.74) is 9.26. The van der Waals surface area contributed by atoms with Crippen LogP contribution in [0, 0.1) is 12.7 Å². The van der Waals surface area contributed by atoms with E-state index in [1.165, 1.54) is 6.07 Å². The summed E-state index contributed by atoms with van der Waals surface area (Å²) in [4.78, 5) is 0. The summed E-state index contributed by atoms with van der Waals surface area (Å²) in [7, 11) is 0. The smallest absolute Gasteiger partial charge is 0.123 e. The molecule has 0 amide bonds. The van der Waals surface area contributed by atoms with E-state index >= 15 is 0 Å². The van der Waals surface area contributed by atoms with Crippen molar-refractivity contribution in [2.45, 2.75) is 19.4 Å². The van der Waals surface area contributed by atoms with E-state index in [2.05, 4.69) is 31.9 Å². The molecule has 0 aromatic heterocycles. The van der Waals surface area contributed by atoms with Crippen LogP contribution >= 0.6 is 31.9 Å². The Kier molecular flexibility index (Phi) is 4.76. The van der Waals surface area contributed by atoms with E-state index in [1.54, 1.807) is 12.1 Å². The Morgan fingerprint density at radius 2 is 1.89 bits per heavy atom. The largest absolute Gasteiger partial charge is 0.324 e. The second-order valence-electron chi connectivity index (χ2n) is 4.55. The first-order chi connectivity index (χ1) is 8.97. The maximum absolute atomic E-state index is 13.3. The van der Waals surface area contributed by atoms with Gasteiger partial charge >= 0.3 is 0 Å². The van der Waals surface area contributed by atoms with Crippen LogP contribution in [0.1, 0.15) is 22.7 Å². The van der Waals surface area contributed by atoms with Gasteiger partial charge in [0.25, 0.3) is 0 Å². The van der Waals surface area contributed by atoms with E-state index in [0.29, 0.717) is 6.42 Å². The van der Waals surface area contributed by atoms with Gasteiger partial charge in [0, 0.05) is 15.0 Å². The highest BCUT2D eigenvalue weighted by Gasteiger charge is 2.12. The lowest BCUT2D eigenvalue weighted by Crippen LogP contribution is -2.14. The molecule has 2 aromatic carbocycles. The van der Waals surface area contributed by atoms with E-state index in [4.69, 9.17) is 5.73 Å². The molecule has 0 aliphatic carbocycles. The van der Waals surface area contributed by atoms with Crippen LogP contribution in [0.2, 0.25) is 0 Å². The molecule has 0 spiro atoms. The SMILES string of the molecule is Cc1ccc(F)cc1CC(N)c1ccc(Br)cc1Br. The first-order valence-corrected chi connectivity index (χ1v) is 7.51. The van der Waals surface area contributed by atoms with E-state index in [-0.39, 0.29) is 11.9 Å². The summed E-state index contributed by atoms with van der Waals surface area (Å²) in [6, 6.07) is 10.6. The van der Waals surface area contributed by atoms with E-state index in [0.717, 1.165) is 25.6 Å². The number of nitrogens with two attached hydrogens (primary N) is 1. The normalized spacial score (nSPS) is 12.5. The minimum atomic E-state index is -0.220. The zero-order valence-electron chi connectivity index (χ0n) is 10.5. The molecule has 0 aliphatic heterocycles. The number of aryl methyl sites for hydroxylation is 1. The van der Waals surface area contributed by atoms with E-state index in [9.17, 15) is 4.39 Å². The zero-order chi connectivity index (χ0) is 14.0. The Labute approximate surface area is 129 Å². The quantitative estimate of drug-likeness (QED) is 0.797. The molecule has 2 aromatic rings. The van der Waals surface area contributed by atoms with Crippen molar-refractivity contribution in [3.05, 3.63) is 67.9 Å². The molecule has 100 valence electrons. The van der Waals surface area contributed by atoms with Crippen LogP contribution in [-0.4, -0.2) is 0 Å². The molecule has 0 saturated carbocycles. The van der Waals surface area contributed by atoms with Crippen molar-refractivity contribution in [3.8, 4) is 0 Å². The summed E-state index contributed by atoms with van der Waals surface area (Å²) in [6.45, 7) is 1.97. The number of halogens is 3. The van der Waals surface area contributed by atoms with Gasteiger partial charge in [-0.3, -0.25) is 0 Å². The van der Waals surface area contributed by atoms with Crippen molar-refractivity contribution in [3.63, 3.8) is 0 Å². The van der Waals surface area contributed by atoms with Crippen LogP contribution in [0.15, 0.2) is 45.3 Å². The number of rotatable bonds is 3. The first kappa shape index (κ1) is 14.7. The lowest BCUT2D eigenvalue weighted by atomic mass is 9.97. The molecule has 0 fully saturated rings. The maximum Gasteiger partial charge on any atom is 0.123 e. The van der Waals surface area contributed by atoms with Gasteiger partial charge in [-0.1, -0.05) is 44.0 Å². The Balaban J connectivity index is 2.25. The molecule has 1 unspecified atom stereocenters. The summed E-state index contributed by atoms with van der Waals surface area (Å²) >= 11 is 6.92. The number of hydrogen-bond acceptors (Lipinski definition) is 1. The summed E-state index contributed by atoms with van der Waals surface area (Å²) in [6.07, 6.45) is 0.615. The lowest BCUT2D eigenvalue weighted by Gasteiger charge is -2.16. The Bertz CT molecular complexity index is 599. The monoisotopic (exact) mass is 385 g/mol. The fraction of sp³-hybridized carbons (Fsp3) is 0.200.